The Morgan fingerprint density at radius 1 is 1.33 bits per heavy atom. The molecule has 0 aliphatic heterocycles. The molecule has 7 heteroatoms. The van der Waals surface area contributed by atoms with E-state index in [9.17, 15) is 13.2 Å². The average Bonchev–Trinajstić information content (AvgIpc) is 2.98. The van der Waals surface area contributed by atoms with E-state index in [0.29, 0.717) is 11.0 Å². The summed E-state index contributed by atoms with van der Waals surface area (Å²) in [6.45, 7) is 0. The number of aromatic amines is 1. The third kappa shape index (κ3) is 1.56. The van der Waals surface area contributed by atoms with Gasteiger partial charge in [-0.15, -0.1) is 0 Å². The second-order valence-electron chi connectivity index (χ2n) is 4.46. The average molecular weight is 337 g/mol. The quantitative estimate of drug-likeness (QED) is 0.759. The van der Waals surface area contributed by atoms with Crippen molar-refractivity contribution < 1.29 is 13.2 Å². The van der Waals surface area contributed by atoms with Gasteiger partial charge in [-0.3, -0.25) is 0 Å². The lowest BCUT2D eigenvalue weighted by Crippen LogP contribution is -2.34. The zero-order valence-corrected chi connectivity index (χ0v) is 11.4. The first-order valence-electron chi connectivity index (χ1n) is 5.33. The van der Waals surface area contributed by atoms with Crippen LogP contribution in [0.25, 0.3) is 11.0 Å². The van der Waals surface area contributed by atoms with Gasteiger partial charge in [-0.1, -0.05) is 15.9 Å². The van der Waals surface area contributed by atoms with Crippen LogP contribution in [-0.2, 0) is 5.54 Å². The molecule has 1 saturated carbocycles. The fourth-order valence-corrected chi connectivity index (χ4v) is 2.99. The number of nitrogens with one attached hydrogen (secondary N) is 1. The van der Waals surface area contributed by atoms with E-state index in [1.54, 1.807) is 18.2 Å². The highest BCUT2D eigenvalue weighted by atomic mass is 79.9. The Hall–Kier alpha value is -0.820. The van der Waals surface area contributed by atoms with Crippen LogP contribution in [0.1, 0.15) is 12.8 Å². The molecule has 0 unspecified atom stereocenters. The number of rotatable bonds is 1. The molecular formula is C11H8BrF3N2S. The first kappa shape index (κ1) is 12.2. The lowest BCUT2D eigenvalue weighted by Gasteiger charge is -2.21. The van der Waals surface area contributed by atoms with Crippen molar-refractivity contribution in [2.75, 3.05) is 0 Å². The van der Waals surface area contributed by atoms with Gasteiger partial charge in [0, 0.05) is 4.47 Å². The largest absolute Gasteiger partial charge is 0.412 e. The van der Waals surface area contributed by atoms with Crippen LogP contribution < -0.4 is 0 Å². The number of halogens is 4. The first-order valence-corrected chi connectivity index (χ1v) is 6.53. The fraction of sp³-hybridized carbons (Fsp3) is 0.364. The van der Waals surface area contributed by atoms with Crippen molar-refractivity contribution in [3.05, 3.63) is 27.4 Å². The Labute approximate surface area is 114 Å². The van der Waals surface area contributed by atoms with Gasteiger partial charge in [0.1, 0.15) is 5.54 Å². The molecule has 0 atom stereocenters. The van der Waals surface area contributed by atoms with Gasteiger partial charge in [-0.2, -0.15) is 13.2 Å². The molecule has 1 heterocycles. The van der Waals surface area contributed by atoms with Gasteiger partial charge in [0.2, 0.25) is 0 Å². The summed E-state index contributed by atoms with van der Waals surface area (Å²) in [5.41, 5.74) is -0.703. The van der Waals surface area contributed by atoms with Gasteiger partial charge >= 0.3 is 6.18 Å². The van der Waals surface area contributed by atoms with E-state index >= 15 is 0 Å². The normalized spacial score (nSPS) is 18.2. The Kier molecular flexibility index (Phi) is 2.45. The van der Waals surface area contributed by atoms with Gasteiger partial charge in [-0.25, -0.2) is 0 Å². The molecule has 0 bridgehead atoms. The zero-order valence-electron chi connectivity index (χ0n) is 9.01. The van der Waals surface area contributed by atoms with Crippen molar-refractivity contribution in [1.82, 2.24) is 9.55 Å². The van der Waals surface area contributed by atoms with Gasteiger partial charge < -0.3 is 9.55 Å². The molecule has 1 N–H and O–H groups in total. The van der Waals surface area contributed by atoms with Gasteiger partial charge in [0.25, 0.3) is 0 Å². The van der Waals surface area contributed by atoms with Gasteiger partial charge in [0.15, 0.2) is 4.77 Å². The first-order chi connectivity index (χ1) is 8.35. The molecule has 1 aromatic carbocycles. The van der Waals surface area contributed by atoms with Gasteiger partial charge in [0.05, 0.1) is 11.0 Å². The second-order valence-corrected chi connectivity index (χ2v) is 5.76. The predicted molar refractivity (Wildman–Crippen MR) is 68.1 cm³/mol. The molecule has 2 nitrogen and oxygen atoms in total. The number of aromatic nitrogens is 2. The number of nitrogens with zero attached hydrogens (tertiary/aromatic N) is 1. The van der Waals surface area contributed by atoms with E-state index in [1.807, 2.05) is 0 Å². The Morgan fingerprint density at radius 3 is 2.56 bits per heavy atom. The maximum Gasteiger partial charge on any atom is 0.412 e. The van der Waals surface area contributed by atoms with Crippen LogP contribution >= 0.6 is 28.1 Å². The standard InChI is InChI=1S/C11H8BrF3N2S/c12-6-1-2-7-8(5-6)17(9(18)16-7)10(3-4-10)11(13,14)15/h1-2,5H,3-4H2,(H,16,18). The Morgan fingerprint density at radius 2 is 2.00 bits per heavy atom. The highest BCUT2D eigenvalue weighted by Crippen LogP contribution is 2.56. The van der Waals surface area contributed by atoms with Crippen LogP contribution in [0.15, 0.2) is 22.7 Å². The molecule has 0 spiro atoms. The van der Waals surface area contributed by atoms with Crippen LogP contribution in [0.2, 0.25) is 0 Å². The molecule has 0 radical (unpaired) electrons. The third-order valence-corrected chi connectivity index (χ3v) is 4.10. The Bertz CT molecular complexity index is 682. The molecule has 0 amide bonds. The highest BCUT2D eigenvalue weighted by molar-refractivity contribution is 9.10. The molecule has 18 heavy (non-hydrogen) atoms. The summed E-state index contributed by atoms with van der Waals surface area (Å²) >= 11 is 8.32. The highest BCUT2D eigenvalue weighted by Gasteiger charge is 2.65. The van der Waals surface area contributed by atoms with Crippen LogP contribution in [0.5, 0.6) is 0 Å². The van der Waals surface area contributed by atoms with Crippen LogP contribution in [0, 0.1) is 4.77 Å². The lowest BCUT2D eigenvalue weighted by atomic mass is 10.2. The maximum absolute atomic E-state index is 13.2. The fourth-order valence-electron chi connectivity index (χ4n) is 2.25. The number of hydrogen-bond donors (Lipinski definition) is 1. The Balaban J connectivity index is 2.33. The summed E-state index contributed by atoms with van der Waals surface area (Å²) in [7, 11) is 0. The minimum Gasteiger partial charge on any atom is -0.331 e. The van der Waals surface area contributed by atoms with E-state index in [0.717, 1.165) is 4.47 Å². The van der Waals surface area contributed by atoms with Crippen molar-refractivity contribution in [2.24, 2.45) is 0 Å². The molecule has 96 valence electrons. The molecular weight excluding hydrogens is 329 g/mol. The molecule has 1 fully saturated rings. The predicted octanol–water partition coefficient (Wildman–Crippen LogP) is 4.51. The smallest absolute Gasteiger partial charge is 0.331 e. The molecule has 1 aromatic heterocycles. The molecule has 3 rings (SSSR count). The summed E-state index contributed by atoms with van der Waals surface area (Å²) < 4.78 is 41.6. The van der Waals surface area contributed by atoms with Crippen molar-refractivity contribution in [3.63, 3.8) is 0 Å². The monoisotopic (exact) mass is 336 g/mol. The summed E-state index contributed by atoms with van der Waals surface area (Å²) in [5.74, 6) is 0. The maximum atomic E-state index is 13.2. The topological polar surface area (TPSA) is 20.7 Å². The molecule has 0 saturated heterocycles. The number of H-pyrrole nitrogens is 1. The van der Waals surface area contributed by atoms with E-state index < -0.39 is 11.7 Å². The van der Waals surface area contributed by atoms with Crippen LogP contribution in [-0.4, -0.2) is 15.7 Å². The van der Waals surface area contributed by atoms with Crippen molar-refractivity contribution in [1.29, 1.82) is 0 Å². The zero-order chi connectivity index (χ0) is 13.1. The number of hydrogen-bond acceptors (Lipinski definition) is 1. The van der Waals surface area contributed by atoms with Crippen molar-refractivity contribution in [3.8, 4) is 0 Å². The minimum absolute atomic E-state index is 0.0876. The molecule has 1 aliphatic carbocycles. The second kappa shape index (κ2) is 3.60. The summed E-state index contributed by atoms with van der Waals surface area (Å²) in [6, 6.07) is 5.15. The van der Waals surface area contributed by atoms with E-state index in [2.05, 4.69) is 20.9 Å². The molecule has 2 aromatic rings. The van der Waals surface area contributed by atoms with Crippen molar-refractivity contribution in [2.45, 2.75) is 24.6 Å². The van der Waals surface area contributed by atoms with E-state index in [1.165, 1.54) is 4.57 Å². The third-order valence-electron chi connectivity index (χ3n) is 3.32. The van der Waals surface area contributed by atoms with Crippen LogP contribution in [0.3, 0.4) is 0 Å². The van der Waals surface area contributed by atoms with E-state index in [-0.39, 0.29) is 17.6 Å². The van der Waals surface area contributed by atoms with Gasteiger partial charge in [-0.05, 0) is 43.3 Å². The number of fused-ring (bicyclic) bond motifs is 1. The van der Waals surface area contributed by atoms with E-state index in [4.69, 9.17) is 12.2 Å². The SMILES string of the molecule is FC(F)(F)C1(n2c(=S)[nH]c3ccc(Br)cc32)CC1. The number of benzene rings is 1. The van der Waals surface area contributed by atoms with Crippen molar-refractivity contribution >= 4 is 39.2 Å². The van der Waals surface area contributed by atoms with Crippen LogP contribution in [0.4, 0.5) is 13.2 Å². The summed E-state index contributed by atoms with van der Waals surface area (Å²) in [5, 5.41) is 0. The number of alkyl halides is 3. The minimum atomic E-state index is -4.28. The molecule has 1 aliphatic rings. The number of imidazole rings is 1. The summed E-state index contributed by atoms with van der Waals surface area (Å²) in [6.07, 6.45) is -4.10. The lowest BCUT2D eigenvalue weighted by molar-refractivity contribution is -0.179. The summed E-state index contributed by atoms with van der Waals surface area (Å²) in [4.78, 5) is 2.83.